The molecule has 2 aliphatic heterocycles. The molecule has 2 saturated heterocycles. The first-order chi connectivity index (χ1) is 12.1. The third-order valence-electron chi connectivity index (χ3n) is 5.38. The fourth-order valence-electron chi connectivity index (χ4n) is 3.91. The summed E-state index contributed by atoms with van der Waals surface area (Å²) < 4.78 is 5.20. The number of hydrogen-bond acceptors (Lipinski definition) is 5. The summed E-state index contributed by atoms with van der Waals surface area (Å²) in [6, 6.07) is 0. The molecule has 1 aromatic heterocycles. The van der Waals surface area contributed by atoms with Crippen LogP contribution in [-0.2, 0) is 16.0 Å². The molecule has 0 bridgehead atoms. The van der Waals surface area contributed by atoms with Gasteiger partial charge in [0.2, 0.25) is 17.7 Å². The standard InChI is InChI=1S/C18H28N4O3/c1-3-17(23)22-8-4-5-15(12-22)18(24)21-9-6-14(7-10-21)11-16-19-13(2)20-25-16/h14-15H,3-12H2,1-2H3. The molecule has 25 heavy (non-hydrogen) atoms. The van der Waals surface area contributed by atoms with Crippen LogP contribution >= 0.6 is 0 Å². The van der Waals surface area contributed by atoms with Gasteiger partial charge in [0, 0.05) is 39.0 Å². The fraction of sp³-hybridized carbons (Fsp3) is 0.778. The molecule has 7 heteroatoms. The van der Waals surface area contributed by atoms with Gasteiger partial charge in [-0.2, -0.15) is 4.98 Å². The summed E-state index contributed by atoms with van der Waals surface area (Å²) in [5, 5.41) is 3.83. The second-order valence-electron chi connectivity index (χ2n) is 7.24. The minimum absolute atomic E-state index is 0.0283. The molecule has 1 unspecified atom stereocenters. The van der Waals surface area contributed by atoms with Crippen LogP contribution in [0.4, 0.5) is 0 Å². The minimum atomic E-state index is -0.0283. The number of carbonyl (C=O) groups is 2. The van der Waals surface area contributed by atoms with Crippen molar-refractivity contribution >= 4 is 11.8 Å². The van der Waals surface area contributed by atoms with Gasteiger partial charge in [0.15, 0.2) is 5.82 Å². The zero-order chi connectivity index (χ0) is 17.8. The summed E-state index contributed by atoms with van der Waals surface area (Å²) in [4.78, 5) is 32.8. The lowest BCUT2D eigenvalue weighted by Crippen LogP contribution is -2.48. The average molecular weight is 348 g/mol. The summed E-state index contributed by atoms with van der Waals surface area (Å²) in [6.07, 6.45) is 5.07. The van der Waals surface area contributed by atoms with E-state index in [1.165, 1.54) is 0 Å². The van der Waals surface area contributed by atoms with Gasteiger partial charge in [-0.25, -0.2) is 0 Å². The van der Waals surface area contributed by atoms with Gasteiger partial charge in [-0.1, -0.05) is 12.1 Å². The molecule has 0 spiro atoms. The van der Waals surface area contributed by atoms with Crippen molar-refractivity contribution in [2.24, 2.45) is 11.8 Å². The van der Waals surface area contributed by atoms with E-state index in [0.717, 1.165) is 51.7 Å². The van der Waals surface area contributed by atoms with E-state index < -0.39 is 0 Å². The van der Waals surface area contributed by atoms with Crippen LogP contribution in [0.25, 0.3) is 0 Å². The Morgan fingerprint density at radius 1 is 1.16 bits per heavy atom. The lowest BCUT2D eigenvalue weighted by atomic mass is 9.91. The number of piperidine rings is 2. The maximum Gasteiger partial charge on any atom is 0.227 e. The van der Waals surface area contributed by atoms with Crippen molar-refractivity contribution in [3.8, 4) is 0 Å². The lowest BCUT2D eigenvalue weighted by Gasteiger charge is -2.37. The Balaban J connectivity index is 1.48. The van der Waals surface area contributed by atoms with E-state index >= 15 is 0 Å². The number of nitrogens with zero attached hydrogens (tertiary/aromatic N) is 4. The van der Waals surface area contributed by atoms with Gasteiger partial charge < -0.3 is 14.3 Å². The first-order valence-corrected chi connectivity index (χ1v) is 9.42. The minimum Gasteiger partial charge on any atom is -0.342 e. The molecule has 2 fully saturated rings. The molecule has 2 aliphatic rings. The molecule has 1 aromatic rings. The first kappa shape index (κ1) is 17.9. The van der Waals surface area contributed by atoms with Crippen LogP contribution in [0.3, 0.4) is 0 Å². The van der Waals surface area contributed by atoms with Gasteiger partial charge in [-0.3, -0.25) is 9.59 Å². The molecule has 7 nitrogen and oxygen atoms in total. The summed E-state index contributed by atoms with van der Waals surface area (Å²) in [5.74, 6) is 2.22. The van der Waals surface area contributed by atoms with Crippen molar-refractivity contribution in [2.75, 3.05) is 26.2 Å². The average Bonchev–Trinajstić information content (AvgIpc) is 3.06. The van der Waals surface area contributed by atoms with Crippen molar-refractivity contribution in [2.45, 2.75) is 52.4 Å². The molecule has 3 heterocycles. The molecule has 0 radical (unpaired) electrons. The highest BCUT2D eigenvalue weighted by Crippen LogP contribution is 2.25. The van der Waals surface area contributed by atoms with E-state index in [2.05, 4.69) is 10.1 Å². The molecule has 3 rings (SSSR count). The van der Waals surface area contributed by atoms with E-state index in [-0.39, 0.29) is 17.7 Å². The number of carbonyl (C=O) groups excluding carboxylic acids is 2. The lowest BCUT2D eigenvalue weighted by molar-refractivity contribution is -0.141. The fourth-order valence-corrected chi connectivity index (χ4v) is 3.91. The van der Waals surface area contributed by atoms with E-state index in [1.807, 2.05) is 23.6 Å². The predicted molar refractivity (Wildman–Crippen MR) is 91.6 cm³/mol. The number of rotatable bonds is 4. The van der Waals surface area contributed by atoms with Crippen LogP contribution in [-0.4, -0.2) is 57.9 Å². The maximum absolute atomic E-state index is 12.8. The summed E-state index contributed by atoms with van der Waals surface area (Å²) in [7, 11) is 0. The van der Waals surface area contributed by atoms with E-state index in [1.54, 1.807) is 0 Å². The van der Waals surface area contributed by atoms with Crippen LogP contribution in [0.1, 0.15) is 50.7 Å². The number of aryl methyl sites for hydroxylation is 1. The monoisotopic (exact) mass is 348 g/mol. The Morgan fingerprint density at radius 2 is 1.92 bits per heavy atom. The van der Waals surface area contributed by atoms with Crippen molar-refractivity contribution in [1.82, 2.24) is 19.9 Å². The Hall–Kier alpha value is -1.92. The topological polar surface area (TPSA) is 79.5 Å². The van der Waals surface area contributed by atoms with Gasteiger partial charge in [0.25, 0.3) is 0 Å². The zero-order valence-corrected chi connectivity index (χ0v) is 15.2. The smallest absolute Gasteiger partial charge is 0.227 e. The van der Waals surface area contributed by atoms with E-state index in [0.29, 0.717) is 30.6 Å². The largest absolute Gasteiger partial charge is 0.342 e. The van der Waals surface area contributed by atoms with Gasteiger partial charge >= 0.3 is 0 Å². The number of likely N-dealkylation sites (tertiary alicyclic amines) is 2. The first-order valence-electron chi connectivity index (χ1n) is 9.42. The molecule has 0 aliphatic carbocycles. The maximum atomic E-state index is 12.8. The molecule has 0 N–H and O–H groups in total. The Morgan fingerprint density at radius 3 is 2.56 bits per heavy atom. The summed E-state index contributed by atoms with van der Waals surface area (Å²) >= 11 is 0. The zero-order valence-electron chi connectivity index (χ0n) is 15.2. The van der Waals surface area contributed by atoms with E-state index in [4.69, 9.17) is 4.52 Å². The number of amides is 2. The highest BCUT2D eigenvalue weighted by atomic mass is 16.5. The van der Waals surface area contributed by atoms with Crippen LogP contribution < -0.4 is 0 Å². The number of aromatic nitrogens is 2. The normalized spacial score (nSPS) is 22.2. The molecular formula is C18H28N4O3. The SMILES string of the molecule is CCC(=O)N1CCCC(C(=O)N2CCC(Cc3nc(C)no3)CC2)C1. The van der Waals surface area contributed by atoms with Gasteiger partial charge in [-0.05, 0) is 38.5 Å². The summed E-state index contributed by atoms with van der Waals surface area (Å²) in [6.45, 7) is 6.66. The Labute approximate surface area is 148 Å². The third-order valence-corrected chi connectivity index (χ3v) is 5.38. The van der Waals surface area contributed by atoms with Crippen molar-refractivity contribution in [3.63, 3.8) is 0 Å². The molecule has 0 saturated carbocycles. The van der Waals surface area contributed by atoms with Gasteiger partial charge in [-0.15, -0.1) is 0 Å². The summed E-state index contributed by atoms with van der Waals surface area (Å²) in [5.41, 5.74) is 0. The Bertz CT molecular complexity index is 607. The highest BCUT2D eigenvalue weighted by Gasteiger charge is 2.32. The van der Waals surface area contributed by atoms with Crippen LogP contribution in [0.2, 0.25) is 0 Å². The Kier molecular flexibility index (Phi) is 5.71. The predicted octanol–water partition coefficient (Wildman–Crippen LogP) is 1.81. The van der Waals surface area contributed by atoms with Crippen molar-refractivity contribution < 1.29 is 14.1 Å². The van der Waals surface area contributed by atoms with Gasteiger partial charge in [0.1, 0.15) is 0 Å². The van der Waals surface area contributed by atoms with Crippen LogP contribution in [0.5, 0.6) is 0 Å². The van der Waals surface area contributed by atoms with Gasteiger partial charge in [0.05, 0.1) is 5.92 Å². The molecule has 0 aromatic carbocycles. The van der Waals surface area contributed by atoms with Crippen LogP contribution in [0.15, 0.2) is 4.52 Å². The molecule has 1 atom stereocenters. The second-order valence-corrected chi connectivity index (χ2v) is 7.24. The highest BCUT2D eigenvalue weighted by molar-refractivity contribution is 5.81. The van der Waals surface area contributed by atoms with E-state index in [9.17, 15) is 9.59 Å². The number of hydrogen-bond donors (Lipinski definition) is 0. The second kappa shape index (κ2) is 7.97. The van der Waals surface area contributed by atoms with Crippen LogP contribution in [0, 0.1) is 18.8 Å². The van der Waals surface area contributed by atoms with Crippen molar-refractivity contribution in [1.29, 1.82) is 0 Å². The quantitative estimate of drug-likeness (QED) is 0.829. The molecule has 138 valence electrons. The molecular weight excluding hydrogens is 320 g/mol. The molecule has 2 amide bonds. The third kappa shape index (κ3) is 4.38. The van der Waals surface area contributed by atoms with Crippen molar-refractivity contribution in [3.05, 3.63) is 11.7 Å².